The van der Waals surface area contributed by atoms with Crippen molar-refractivity contribution in [1.82, 2.24) is 15.5 Å². The average Bonchev–Trinajstić information content (AvgIpc) is 2.73. The normalized spacial score (nSPS) is 16.4. The zero-order valence-corrected chi connectivity index (χ0v) is 17.3. The van der Waals surface area contributed by atoms with E-state index in [1.165, 1.54) is 16.3 Å². The van der Waals surface area contributed by atoms with Gasteiger partial charge < -0.3 is 20.3 Å². The summed E-state index contributed by atoms with van der Waals surface area (Å²) in [6, 6.07) is 15.6. The fourth-order valence-corrected chi connectivity index (χ4v) is 3.83. The molecule has 0 aliphatic carbocycles. The highest BCUT2D eigenvalue weighted by atomic mass is 16.5. The summed E-state index contributed by atoms with van der Waals surface area (Å²) in [5, 5.41) is 9.68. The Morgan fingerprint density at radius 2 is 1.93 bits per heavy atom. The fourth-order valence-electron chi connectivity index (χ4n) is 3.83. The third-order valence-corrected chi connectivity index (χ3v) is 5.42. The maximum atomic E-state index is 5.19. The van der Waals surface area contributed by atoms with E-state index in [1.54, 1.807) is 7.11 Å². The van der Waals surface area contributed by atoms with E-state index in [9.17, 15) is 0 Å². The smallest absolute Gasteiger partial charge is 0.191 e. The number of guanidine groups is 1. The number of hydrogen-bond acceptors (Lipinski definition) is 3. The first-order valence-corrected chi connectivity index (χ1v) is 10.5. The van der Waals surface area contributed by atoms with Crippen LogP contribution < -0.4 is 10.6 Å². The largest absolute Gasteiger partial charge is 0.383 e. The molecule has 1 heterocycles. The van der Waals surface area contributed by atoms with Crippen LogP contribution in [0, 0.1) is 0 Å². The number of fused-ring (bicyclic) bond motifs is 1. The molecule has 1 aliphatic heterocycles. The van der Waals surface area contributed by atoms with Crippen molar-refractivity contribution in [2.45, 2.75) is 32.2 Å². The highest BCUT2D eigenvalue weighted by Crippen LogP contribution is 2.18. The lowest BCUT2D eigenvalue weighted by molar-refractivity contribution is 0.128. The van der Waals surface area contributed by atoms with E-state index in [-0.39, 0.29) is 0 Å². The maximum absolute atomic E-state index is 5.19. The molecule has 1 fully saturated rings. The molecule has 0 bridgehead atoms. The molecule has 0 unspecified atom stereocenters. The molecule has 0 spiro atoms. The standard InChI is InChI=1S/C23H34N4O/c1-3-24-23(26-21-12-15-27(16-13-21)17-18-28-2)25-14-11-20-9-6-8-19-7-4-5-10-22(19)20/h4-10,21H,3,11-18H2,1-2H3,(H2,24,25,26). The van der Waals surface area contributed by atoms with E-state index in [1.807, 2.05) is 0 Å². The molecule has 0 saturated carbocycles. The quantitative estimate of drug-likeness (QED) is 0.544. The molecule has 2 N–H and O–H groups in total. The van der Waals surface area contributed by atoms with Crippen molar-refractivity contribution in [3.05, 3.63) is 48.0 Å². The van der Waals surface area contributed by atoms with Crippen molar-refractivity contribution in [2.24, 2.45) is 4.99 Å². The number of nitrogens with zero attached hydrogens (tertiary/aromatic N) is 2. The number of ether oxygens (including phenoxy) is 1. The van der Waals surface area contributed by atoms with Crippen LogP contribution >= 0.6 is 0 Å². The van der Waals surface area contributed by atoms with E-state index in [0.717, 1.165) is 64.6 Å². The molecule has 0 aromatic heterocycles. The first kappa shape index (κ1) is 20.6. The molecule has 152 valence electrons. The van der Waals surface area contributed by atoms with Crippen LogP contribution in [0.3, 0.4) is 0 Å². The summed E-state index contributed by atoms with van der Waals surface area (Å²) in [5.41, 5.74) is 1.36. The van der Waals surface area contributed by atoms with Crippen LogP contribution in [0.1, 0.15) is 25.3 Å². The molecule has 0 amide bonds. The van der Waals surface area contributed by atoms with Crippen LogP contribution in [0.5, 0.6) is 0 Å². The Bertz CT molecular complexity index is 748. The monoisotopic (exact) mass is 382 g/mol. The number of piperidine rings is 1. The third-order valence-electron chi connectivity index (χ3n) is 5.42. The number of likely N-dealkylation sites (tertiary alicyclic amines) is 1. The Morgan fingerprint density at radius 1 is 1.14 bits per heavy atom. The van der Waals surface area contributed by atoms with Gasteiger partial charge in [-0.2, -0.15) is 0 Å². The maximum Gasteiger partial charge on any atom is 0.191 e. The van der Waals surface area contributed by atoms with Gasteiger partial charge in [0.15, 0.2) is 5.96 Å². The molecule has 0 radical (unpaired) electrons. The van der Waals surface area contributed by atoms with E-state index in [4.69, 9.17) is 9.73 Å². The van der Waals surface area contributed by atoms with Crippen molar-refractivity contribution in [3.8, 4) is 0 Å². The highest BCUT2D eigenvalue weighted by Gasteiger charge is 2.19. The molecular weight excluding hydrogens is 348 g/mol. The molecule has 5 heteroatoms. The Hall–Kier alpha value is -2.11. The molecule has 2 aromatic carbocycles. The summed E-state index contributed by atoms with van der Waals surface area (Å²) >= 11 is 0. The van der Waals surface area contributed by atoms with Crippen LogP contribution in [0.4, 0.5) is 0 Å². The van der Waals surface area contributed by atoms with Gasteiger partial charge in [-0.25, -0.2) is 0 Å². The Labute approximate surface area is 169 Å². The zero-order valence-electron chi connectivity index (χ0n) is 17.3. The molecule has 0 atom stereocenters. The Kier molecular flexibility index (Phi) is 8.12. The summed E-state index contributed by atoms with van der Waals surface area (Å²) in [6.07, 6.45) is 3.25. The summed E-state index contributed by atoms with van der Waals surface area (Å²) in [6.45, 7) is 7.88. The summed E-state index contributed by atoms with van der Waals surface area (Å²) in [7, 11) is 1.77. The van der Waals surface area contributed by atoms with Crippen LogP contribution in [0.15, 0.2) is 47.5 Å². The average molecular weight is 383 g/mol. The molecule has 5 nitrogen and oxygen atoms in total. The number of rotatable bonds is 8. The van der Waals surface area contributed by atoms with Crippen LogP contribution in [0.25, 0.3) is 10.8 Å². The zero-order chi connectivity index (χ0) is 19.6. The van der Waals surface area contributed by atoms with E-state index < -0.39 is 0 Å². The summed E-state index contributed by atoms with van der Waals surface area (Å²) in [4.78, 5) is 7.32. The number of aliphatic imine (C=N–C) groups is 1. The lowest BCUT2D eigenvalue weighted by atomic mass is 10.0. The minimum atomic E-state index is 0.495. The van der Waals surface area contributed by atoms with Gasteiger partial charge >= 0.3 is 0 Å². The molecular formula is C23H34N4O. The number of methoxy groups -OCH3 is 1. The number of benzene rings is 2. The van der Waals surface area contributed by atoms with E-state index >= 15 is 0 Å². The first-order valence-electron chi connectivity index (χ1n) is 10.5. The van der Waals surface area contributed by atoms with Gasteiger partial charge in [-0.05, 0) is 42.5 Å². The van der Waals surface area contributed by atoms with Gasteiger partial charge in [0.2, 0.25) is 0 Å². The van der Waals surface area contributed by atoms with Gasteiger partial charge in [0.25, 0.3) is 0 Å². The van der Waals surface area contributed by atoms with E-state index in [2.05, 4.69) is 64.9 Å². The van der Waals surface area contributed by atoms with Crippen molar-refractivity contribution in [1.29, 1.82) is 0 Å². The Morgan fingerprint density at radius 3 is 2.71 bits per heavy atom. The van der Waals surface area contributed by atoms with Gasteiger partial charge in [0.1, 0.15) is 0 Å². The molecule has 3 rings (SSSR count). The lowest BCUT2D eigenvalue weighted by Crippen LogP contribution is -2.49. The minimum absolute atomic E-state index is 0.495. The van der Waals surface area contributed by atoms with Gasteiger partial charge in [-0.15, -0.1) is 0 Å². The van der Waals surface area contributed by atoms with Gasteiger partial charge in [-0.1, -0.05) is 42.5 Å². The topological polar surface area (TPSA) is 48.9 Å². The van der Waals surface area contributed by atoms with Gasteiger partial charge in [-0.3, -0.25) is 4.99 Å². The van der Waals surface area contributed by atoms with Crippen molar-refractivity contribution < 1.29 is 4.74 Å². The molecule has 1 aliphatic rings. The van der Waals surface area contributed by atoms with Crippen molar-refractivity contribution in [2.75, 3.05) is 46.4 Å². The SMILES string of the molecule is CCNC(=NCCc1cccc2ccccc12)NC1CCN(CCOC)CC1. The fraction of sp³-hybridized carbons (Fsp3) is 0.522. The van der Waals surface area contributed by atoms with Crippen LogP contribution in [-0.2, 0) is 11.2 Å². The van der Waals surface area contributed by atoms with Gasteiger partial charge in [0.05, 0.1) is 6.61 Å². The van der Waals surface area contributed by atoms with Crippen molar-refractivity contribution in [3.63, 3.8) is 0 Å². The predicted octanol–water partition coefficient (Wildman–Crippen LogP) is 3.05. The molecule has 2 aromatic rings. The molecule has 1 saturated heterocycles. The second-order valence-electron chi connectivity index (χ2n) is 7.40. The van der Waals surface area contributed by atoms with Gasteiger partial charge in [0, 0.05) is 45.9 Å². The predicted molar refractivity (Wildman–Crippen MR) is 118 cm³/mol. The third kappa shape index (κ3) is 5.94. The number of nitrogens with one attached hydrogen (secondary N) is 2. The minimum Gasteiger partial charge on any atom is -0.383 e. The van der Waals surface area contributed by atoms with E-state index in [0.29, 0.717) is 6.04 Å². The number of hydrogen-bond donors (Lipinski definition) is 2. The van der Waals surface area contributed by atoms with Crippen LogP contribution in [0.2, 0.25) is 0 Å². The Balaban J connectivity index is 1.53. The second-order valence-corrected chi connectivity index (χ2v) is 7.40. The highest BCUT2D eigenvalue weighted by molar-refractivity contribution is 5.85. The second kappa shape index (κ2) is 11.0. The van der Waals surface area contributed by atoms with Crippen molar-refractivity contribution >= 4 is 16.7 Å². The summed E-state index contributed by atoms with van der Waals surface area (Å²) in [5.74, 6) is 0.943. The van der Waals surface area contributed by atoms with Crippen LogP contribution in [-0.4, -0.2) is 63.3 Å². The summed E-state index contributed by atoms with van der Waals surface area (Å²) < 4.78 is 5.19. The lowest BCUT2D eigenvalue weighted by Gasteiger charge is -2.32. The first-order chi connectivity index (χ1) is 13.8. The molecule has 28 heavy (non-hydrogen) atoms.